The number of hydrogen-bond donors (Lipinski definition) is 1. The molecule has 2 aromatic carbocycles. The number of anilines is 1. The highest BCUT2D eigenvalue weighted by atomic mass is 19.4. The summed E-state index contributed by atoms with van der Waals surface area (Å²) in [5, 5.41) is 2.85. The Bertz CT molecular complexity index is 962. The predicted octanol–water partition coefficient (Wildman–Crippen LogP) is 4.01. The first-order valence-electron chi connectivity index (χ1n) is 10.3. The van der Waals surface area contributed by atoms with Crippen LogP contribution in [0.3, 0.4) is 0 Å². The van der Waals surface area contributed by atoms with Gasteiger partial charge in [0.2, 0.25) is 11.8 Å². The molecule has 1 saturated heterocycles. The second-order valence-electron chi connectivity index (χ2n) is 7.48. The van der Waals surface area contributed by atoms with Crippen molar-refractivity contribution in [3.05, 3.63) is 53.6 Å². The average molecular weight is 450 g/mol. The van der Waals surface area contributed by atoms with Crippen molar-refractivity contribution in [3.63, 3.8) is 0 Å². The van der Waals surface area contributed by atoms with Gasteiger partial charge in [-0.05, 0) is 48.2 Å². The van der Waals surface area contributed by atoms with Crippen molar-refractivity contribution in [2.45, 2.75) is 38.4 Å². The minimum absolute atomic E-state index is 0.00519. The fraction of sp³-hybridized carbons (Fsp3) is 0.391. The largest absolute Gasteiger partial charge is 0.493 e. The molecular formula is C23H25F3N2O4. The summed E-state index contributed by atoms with van der Waals surface area (Å²) in [5.41, 5.74) is 2.47. The van der Waals surface area contributed by atoms with Crippen molar-refractivity contribution in [2.24, 2.45) is 0 Å². The Morgan fingerprint density at radius 3 is 2.62 bits per heavy atom. The Labute approximate surface area is 184 Å². The summed E-state index contributed by atoms with van der Waals surface area (Å²) in [6, 6.07) is 12.1. The maximum Gasteiger partial charge on any atom is 0.422 e. The SMILES string of the molecule is COc1cc(CCC(=O)NCc2cccc(N3CCCC3=O)c2)ccc1OCC(F)(F)F. The Hall–Kier alpha value is -3.23. The Morgan fingerprint density at radius 1 is 1.12 bits per heavy atom. The lowest BCUT2D eigenvalue weighted by atomic mass is 10.1. The van der Waals surface area contributed by atoms with Gasteiger partial charge in [-0.3, -0.25) is 9.59 Å². The summed E-state index contributed by atoms with van der Waals surface area (Å²) in [5.74, 6) is 0.121. The summed E-state index contributed by atoms with van der Waals surface area (Å²) in [7, 11) is 1.34. The van der Waals surface area contributed by atoms with Gasteiger partial charge in [-0.25, -0.2) is 0 Å². The van der Waals surface area contributed by atoms with Crippen LogP contribution in [0.25, 0.3) is 0 Å². The van der Waals surface area contributed by atoms with Gasteiger partial charge in [0.1, 0.15) is 0 Å². The van der Waals surface area contributed by atoms with E-state index < -0.39 is 12.8 Å². The Balaban J connectivity index is 1.50. The van der Waals surface area contributed by atoms with E-state index in [1.54, 1.807) is 17.0 Å². The third-order valence-corrected chi connectivity index (χ3v) is 5.05. The summed E-state index contributed by atoms with van der Waals surface area (Å²) in [6.07, 6.45) is -2.44. The van der Waals surface area contributed by atoms with Crippen molar-refractivity contribution >= 4 is 17.5 Å². The molecule has 0 bridgehead atoms. The number of alkyl halides is 3. The normalized spacial score (nSPS) is 13.9. The first-order chi connectivity index (χ1) is 15.2. The second-order valence-corrected chi connectivity index (χ2v) is 7.48. The van der Waals surface area contributed by atoms with E-state index in [2.05, 4.69) is 5.32 Å². The Morgan fingerprint density at radius 2 is 1.94 bits per heavy atom. The predicted molar refractivity (Wildman–Crippen MR) is 113 cm³/mol. The van der Waals surface area contributed by atoms with E-state index in [1.165, 1.54) is 13.2 Å². The molecule has 1 aliphatic heterocycles. The molecule has 0 radical (unpaired) electrons. The van der Waals surface area contributed by atoms with E-state index in [1.807, 2.05) is 24.3 Å². The van der Waals surface area contributed by atoms with Gasteiger partial charge >= 0.3 is 6.18 Å². The monoisotopic (exact) mass is 450 g/mol. The minimum atomic E-state index is -4.44. The molecule has 1 fully saturated rings. The van der Waals surface area contributed by atoms with Gasteiger partial charge < -0.3 is 19.7 Å². The zero-order valence-electron chi connectivity index (χ0n) is 17.7. The van der Waals surface area contributed by atoms with Crippen LogP contribution < -0.4 is 19.7 Å². The maximum atomic E-state index is 12.4. The van der Waals surface area contributed by atoms with Crippen molar-refractivity contribution in [1.29, 1.82) is 0 Å². The topological polar surface area (TPSA) is 67.9 Å². The van der Waals surface area contributed by atoms with Gasteiger partial charge in [-0.1, -0.05) is 18.2 Å². The van der Waals surface area contributed by atoms with Crippen LogP contribution in [0.5, 0.6) is 11.5 Å². The van der Waals surface area contributed by atoms with E-state index in [0.29, 0.717) is 25.9 Å². The number of ether oxygens (including phenoxy) is 2. The van der Waals surface area contributed by atoms with Crippen molar-refractivity contribution < 1.29 is 32.2 Å². The standard InChI is InChI=1S/C23H25F3N2O4/c1-31-20-13-16(7-9-19(20)32-15-23(24,25)26)8-10-21(29)27-14-17-4-2-5-18(12-17)28-11-3-6-22(28)30/h2,4-5,7,9,12-13H,3,6,8,10-11,14-15H2,1H3,(H,27,29). The quantitative estimate of drug-likeness (QED) is 0.627. The molecule has 1 N–H and O–H groups in total. The zero-order valence-corrected chi connectivity index (χ0v) is 17.7. The van der Waals surface area contributed by atoms with Crippen LogP contribution >= 0.6 is 0 Å². The maximum absolute atomic E-state index is 12.4. The number of nitrogens with one attached hydrogen (secondary N) is 1. The molecule has 9 heteroatoms. The third-order valence-electron chi connectivity index (χ3n) is 5.05. The number of rotatable bonds is 9. The summed E-state index contributed by atoms with van der Waals surface area (Å²) < 4.78 is 46.9. The fourth-order valence-electron chi connectivity index (χ4n) is 3.45. The Kier molecular flexibility index (Phi) is 7.61. The molecule has 1 heterocycles. The van der Waals surface area contributed by atoms with Gasteiger partial charge in [0.15, 0.2) is 18.1 Å². The van der Waals surface area contributed by atoms with Crippen LogP contribution in [0.1, 0.15) is 30.4 Å². The molecule has 3 rings (SSSR count). The molecule has 2 amide bonds. The highest BCUT2D eigenvalue weighted by molar-refractivity contribution is 5.95. The molecule has 1 aliphatic rings. The van der Waals surface area contributed by atoms with E-state index in [-0.39, 0.29) is 29.7 Å². The molecule has 0 spiro atoms. The van der Waals surface area contributed by atoms with Gasteiger partial charge in [0.25, 0.3) is 0 Å². The smallest absolute Gasteiger partial charge is 0.422 e. The second kappa shape index (κ2) is 10.4. The highest BCUT2D eigenvalue weighted by Gasteiger charge is 2.29. The lowest BCUT2D eigenvalue weighted by Crippen LogP contribution is -2.25. The summed E-state index contributed by atoms with van der Waals surface area (Å²) in [4.78, 5) is 25.9. The van der Waals surface area contributed by atoms with Gasteiger partial charge in [0.05, 0.1) is 7.11 Å². The molecule has 0 atom stereocenters. The number of benzene rings is 2. The number of halogens is 3. The van der Waals surface area contributed by atoms with E-state index in [0.717, 1.165) is 23.2 Å². The summed E-state index contributed by atoms with van der Waals surface area (Å²) >= 11 is 0. The summed E-state index contributed by atoms with van der Waals surface area (Å²) in [6.45, 7) is -0.362. The van der Waals surface area contributed by atoms with Crippen LogP contribution in [-0.4, -0.2) is 38.3 Å². The fourth-order valence-corrected chi connectivity index (χ4v) is 3.45. The van der Waals surface area contributed by atoms with Crippen molar-refractivity contribution in [3.8, 4) is 11.5 Å². The number of amides is 2. The number of methoxy groups -OCH3 is 1. The molecular weight excluding hydrogens is 425 g/mol. The molecule has 0 unspecified atom stereocenters. The van der Waals surface area contributed by atoms with Crippen LogP contribution in [0.15, 0.2) is 42.5 Å². The number of carbonyl (C=O) groups is 2. The highest BCUT2D eigenvalue weighted by Crippen LogP contribution is 2.30. The number of aryl methyl sites for hydroxylation is 1. The van der Waals surface area contributed by atoms with Crippen LogP contribution in [0, 0.1) is 0 Å². The molecule has 32 heavy (non-hydrogen) atoms. The zero-order chi connectivity index (χ0) is 23.1. The molecule has 2 aromatic rings. The third kappa shape index (κ3) is 6.63. The lowest BCUT2D eigenvalue weighted by molar-refractivity contribution is -0.153. The number of hydrogen-bond acceptors (Lipinski definition) is 4. The van der Waals surface area contributed by atoms with Gasteiger partial charge in [0, 0.05) is 31.6 Å². The molecule has 0 aliphatic carbocycles. The van der Waals surface area contributed by atoms with E-state index in [9.17, 15) is 22.8 Å². The van der Waals surface area contributed by atoms with Gasteiger partial charge in [-0.15, -0.1) is 0 Å². The molecule has 172 valence electrons. The van der Waals surface area contributed by atoms with Crippen molar-refractivity contribution in [1.82, 2.24) is 5.32 Å². The van der Waals surface area contributed by atoms with E-state index in [4.69, 9.17) is 9.47 Å². The van der Waals surface area contributed by atoms with Crippen LogP contribution in [-0.2, 0) is 22.6 Å². The average Bonchev–Trinajstić information content (AvgIpc) is 3.20. The van der Waals surface area contributed by atoms with Crippen molar-refractivity contribution in [2.75, 3.05) is 25.2 Å². The number of nitrogens with zero attached hydrogens (tertiary/aromatic N) is 1. The number of carbonyl (C=O) groups excluding carboxylic acids is 2. The molecule has 6 nitrogen and oxygen atoms in total. The van der Waals surface area contributed by atoms with Gasteiger partial charge in [-0.2, -0.15) is 13.2 Å². The van der Waals surface area contributed by atoms with Crippen LogP contribution in [0.2, 0.25) is 0 Å². The van der Waals surface area contributed by atoms with E-state index >= 15 is 0 Å². The van der Waals surface area contributed by atoms with Crippen LogP contribution in [0.4, 0.5) is 18.9 Å². The minimum Gasteiger partial charge on any atom is -0.493 e. The first kappa shape index (κ1) is 23.4. The molecule has 0 aromatic heterocycles. The first-order valence-corrected chi connectivity index (χ1v) is 10.3. The molecule has 0 saturated carbocycles. The lowest BCUT2D eigenvalue weighted by Gasteiger charge is -2.16.